The second kappa shape index (κ2) is 5.48. The summed E-state index contributed by atoms with van der Waals surface area (Å²) < 4.78 is 0. The molecular weight excluding hydrogens is 314 g/mol. The lowest BCUT2D eigenvalue weighted by molar-refractivity contribution is -0.137. The maximum Gasteiger partial charge on any atom is 0.261 e. The van der Waals surface area contributed by atoms with Crippen molar-refractivity contribution < 1.29 is 14.7 Å². The van der Waals surface area contributed by atoms with Gasteiger partial charge in [0, 0.05) is 21.8 Å². The van der Waals surface area contributed by atoms with E-state index in [1.54, 1.807) is 43.3 Å². The van der Waals surface area contributed by atoms with Crippen LogP contribution < -0.4 is 5.32 Å². The van der Waals surface area contributed by atoms with Crippen LogP contribution in [0.4, 0.5) is 5.69 Å². The molecule has 0 saturated carbocycles. The Morgan fingerprint density at radius 3 is 2.52 bits per heavy atom. The van der Waals surface area contributed by atoms with Gasteiger partial charge < -0.3 is 10.4 Å². The van der Waals surface area contributed by atoms with Gasteiger partial charge >= 0.3 is 0 Å². The second-order valence-corrected chi connectivity index (χ2v) is 6.30. The van der Waals surface area contributed by atoms with Gasteiger partial charge in [0.25, 0.3) is 5.91 Å². The van der Waals surface area contributed by atoms with Gasteiger partial charge in [-0.05, 0) is 37.3 Å². The van der Waals surface area contributed by atoms with E-state index < -0.39 is 17.4 Å². The lowest BCUT2D eigenvalue weighted by Gasteiger charge is -2.27. The molecule has 2 N–H and O–H groups in total. The number of benzene rings is 2. The van der Waals surface area contributed by atoms with Crippen LogP contribution >= 0.6 is 11.6 Å². The molecular formula is C18H16ClNO3. The molecule has 1 aliphatic rings. The van der Waals surface area contributed by atoms with Crippen molar-refractivity contribution in [1.82, 2.24) is 0 Å². The number of anilines is 1. The molecule has 0 saturated heterocycles. The summed E-state index contributed by atoms with van der Waals surface area (Å²) in [6, 6.07) is 11.7. The summed E-state index contributed by atoms with van der Waals surface area (Å²) in [5, 5.41) is 14.2. The van der Waals surface area contributed by atoms with Gasteiger partial charge in [0.1, 0.15) is 0 Å². The van der Waals surface area contributed by atoms with Crippen LogP contribution in [0.25, 0.3) is 0 Å². The molecule has 0 aliphatic carbocycles. The Balaban J connectivity index is 2.03. The van der Waals surface area contributed by atoms with Crippen LogP contribution in [0.3, 0.4) is 0 Å². The maximum atomic E-state index is 12.7. The van der Waals surface area contributed by atoms with E-state index in [-0.39, 0.29) is 5.78 Å². The smallest absolute Gasteiger partial charge is 0.261 e. The molecule has 2 aromatic rings. The normalized spacial score (nSPS) is 20.8. The third kappa shape index (κ3) is 2.44. The Labute approximate surface area is 139 Å². The van der Waals surface area contributed by atoms with Gasteiger partial charge in [-0.2, -0.15) is 0 Å². The molecule has 1 heterocycles. The third-order valence-corrected chi connectivity index (χ3v) is 4.58. The number of amides is 1. The minimum absolute atomic E-state index is 0.311. The number of carbonyl (C=O) groups is 2. The molecule has 23 heavy (non-hydrogen) atoms. The van der Waals surface area contributed by atoms with Gasteiger partial charge in [0.05, 0.1) is 5.92 Å². The molecule has 118 valence electrons. The Kier molecular flexibility index (Phi) is 3.74. The molecule has 0 spiro atoms. The standard InChI is InChI=1S/C18H16ClNO3/c1-10-3-8-15-14(9-10)18(23,17(22)20-15)11(2)16(21)12-4-6-13(19)7-5-12/h3-9,11,23H,1-2H3,(H,20,22)/t11-,18+/m1/s1. The quantitative estimate of drug-likeness (QED) is 0.849. The second-order valence-electron chi connectivity index (χ2n) is 5.86. The predicted molar refractivity (Wildman–Crippen MR) is 88.7 cm³/mol. The molecule has 0 unspecified atom stereocenters. The number of aryl methyl sites for hydroxylation is 1. The molecule has 3 rings (SSSR count). The average Bonchev–Trinajstić information content (AvgIpc) is 2.79. The van der Waals surface area contributed by atoms with Crippen LogP contribution in [0.5, 0.6) is 0 Å². The van der Waals surface area contributed by atoms with Crippen molar-refractivity contribution >= 4 is 29.0 Å². The first-order chi connectivity index (χ1) is 10.8. The fourth-order valence-electron chi connectivity index (χ4n) is 2.91. The van der Waals surface area contributed by atoms with Crippen LogP contribution in [0.15, 0.2) is 42.5 Å². The molecule has 0 fully saturated rings. The SMILES string of the molecule is Cc1ccc2c(c1)[C@@](O)([C@H](C)C(=O)c1ccc(Cl)cc1)C(=O)N2. The fourth-order valence-corrected chi connectivity index (χ4v) is 3.03. The van der Waals surface area contributed by atoms with Crippen LogP contribution in [0.2, 0.25) is 5.02 Å². The Morgan fingerprint density at radius 2 is 1.87 bits per heavy atom. The minimum atomic E-state index is -1.88. The molecule has 1 amide bonds. The minimum Gasteiger partial charge on any atom is -0.375 e. The molecule has 4 nitrogen and oxygen atoms in total. The summed E-state index contributed by atoms with van der Waals surface area (Å²) >= 11 is 5.83. The number of Topliss-reactive ketones (excluding diaryl/α,β-unsaturated/α-hetero) is 1. The van der Waals surface area contributed by atoms with Gasteiger partial charge in [-0.25, -0.2) is 0 Å². The first kappa shape index (κ1) is 15.7. The number of aliphatic hydroxyl groups is 1. The van der Waals surface area contributed by atoms with Gasteiger partial charge in [-0.3, -0.25) is 9.59 Å². The zero-order valence-corrected chi connectivity index (χ0v) is 13.5. The number of fused-ring (bicyclic) bond motifs is 1. The summed E-state index contributed by atoms with van der Waals surface area (Å²) in [4.78, 5) is 25.1. The number of nitrogens with one attached hydrogen (secondary N) is 1. The number of hydrogen-bond acceptors (Lipinski definition) is 3. The summed E-state index contributed by atoms with van der Waals surface area (Å²) in [6.45, 7) is 3.43. The number of halogens is 1. The lowest BCUT2D eigenvalue weighted by atomic mass is 9.79. The Bertz CT molecular complexity index is 800. The summed E-state index contributed by atoms with van der Waals surface area (Å²) in [6.07, 6.45) is 0. The van der Waals surface area contributed by atoms with Gasteiger partial charge in [-0.15, -0.1) is 0 Å². The van der Waals surface area contributed by atoms with E-state index in [0.29, 0.717) is 21.8 Å². The van der Waals surface area contributed by atoms with Crippen molar-refractivity contribution in [2.24, 2.45) is 5.92 Å². The first-order valence-corrected chi connectivity index (χ1v) is 7.66. The van der Waals surface area contributed by atoms with Crippen molar-refractivity contribution in [1.29, 1.82) is 0 Å². The molecule has 1 aliphatic heterocycles. The topological polar surface area (TPSA) is 66.4 Å². The Hall–Kier alpha value is -2.17. The van der Waals surface area contributed by atoms with Gasteiger partial charge in [0.15, 0.2) is 11.4 Å². The average molecular weight is 330 g/mol. The van der Waals surface area contributed by atoms with E-state index in [1.807, 2.05) is 13.0 Å². The monoisotopic (exact) mass is 329 g/mol. The van der Waals surface area contributed by atoms with Gasteiger partial charge in [-0.1, -0.05) is 36.2 Å². The molecule has 0 bridgehead atoms. The van der Waals surface area contributed by atoms with E-state index in [4.69, 9.17) is 11.6 Å². The zero-order valence-electron chi connectivity index (χ0n) is 12.8. The number of ketones is 1. The Morgan fingerprint density at radius 1 is 1.22 bits per heavy atom. The summed E-state index contributed by atoms with van der Waals surface area (Å²) in [5.41, 5.74) is 0.420. The molecule has 2 aromatic carbocycles. The number of rotatable bonds is 3. The third-order valence-electron chi connectivity index (χ3n) is 4.33. The highest BCUT2D eigenvalue weighted by molar-refractivity contribution is 6.30. The molecule has 2 atom stereocenters. The van der Waals surface area contributed by atoms with Crippen molar-refractivity contribution in [2.45, 2.75) is 19.4 Å². The molecule has 5 heteroatoms. The van der Waals surface area contributed by atoms with Crippen LogP contribution in [-0.4, -0.2) is 16.8 Å². The predicted octanol–water partition coefficient (Wildman–Crippen LogP) is 3.31. The fraction of sp³-hybridized carbons (Fsp3) is 0.222. The highest BCUT2D eigenvalue weighted by Gasteiger charge is 2.52. The van der Waals surface area contributed by atoms with E-state index in [9.17, 15) is 14.7 Å². The molecule has 0 radical (unpaired) electrons. The summed E-state index contributed by atoms with van der Waals surface area (Å²) in [5.74, 6) is -1.81. The van der Waals surface area contributed by atoms with Crippen LogP contribution in [0, 0.1) is 12.8 Å². The zero-order chi connectivity index (χ0) is 16.8. The van der Waals surface area contributed by atoms with Crippen molar-refractivity contribution in [3.8, 4) is 0 Å². The van der Waals surface area contributed by atoms with Crippen molar-refractivity contribution in [3.05, 3.63) is 64.2 Å². The van der Waals surface area contributed by atoms with E-state index >= 15 is 0 Å². The number of carbonyl (C=O) groups excluding carboxylic acids is 2. The van der Waals surface area contributed by atoms with Crippen molar-refractivity contribution in [3.63, 3.8) is 0 Å². The van der Waals surface area contributed by atoms with E-state index in [2.05, 4.69) is 5.32 Å². The largest absolute Gasteiger partial charge is 0.375 e. The van der Waals surface area contributed by atoms with Crippen LogP contribution in [0.1, 0.15) is 28.4 Å². The maximum absolute atomic E-state index is 12.7. The summed E-state index contributed by atoms with van der Waals surface area (Å²) in [7, 11) is 0. The van der Waals surface area contributed by atoms with E-state index in [1.165, 1.54) is 0 Å². The van der Waals surface area contributed by atoms with Crippen molar-refractivity contribution in [2.75, 3.05) is 5.32 Å². The highest BCUT2D eigenvalue weighted by atomic mass is 35.5. The first-order valence-electron chi connectivity index (χ1n) is 7.28. The van der Waals surface area contributed by atoms with Gasteiger partial charge in [0.2, 0.25) is 0 Å². The molecule has 0 aromatic heterocycles. The van der Waals surface area contributed by atoms with E-state index in [0.717, 1.165) is 5.56 Å². The number of hydrogen-bond donors (Lipinski definition) is 2. The lowest BCUT2D eigenvalue weighted by Crippen LogP contribution is -2.44. The highest BCUT2D eigenvalue weighted by Crippen LogP contribution is 2.42. The van der Waals surface area contributed by atoms with Crippen LogP contribution in [-0.2, 0) is 10.4 Å².